The van der Waals surface area contributed by atoms with Crippen molar-refractivity contribution < 1.29 is 22.7 Å². The van der Waals surface area contributed by atoms with E-state index in [1.807, 2.05) is 11.0 Å². The first-order valence-corrected chi connectivity index (χ1v) is 9.03. The van der Waals surface area contributed by atoms with Crippen molar-refractivity contribution in [2.45, 2.75) is 16.7 Å². The van der Waals surface area contributed by atoms with E-state index in [1.54, 1.807) is 12.1 Å². The van der Waals surface area contributed by atoms with Gasteiger partial charge < -0.3 is 9.84 Å². The van der Waals surface area contributed by atoms with Crippen molar-refractivity contribution in [2.75, 3.05) is 20.2 Å². The molecule has 2 aromatic rings. The first-order valence-electron chi connectivity index (χ1n) is 7.48. The third-order valence-electron chi connectivity index (χ3n) is 4.16. The molecule has 1 aliphatic rings. The Hall–Kier alpha value is -2.12. The van der Waals surface area contributed by atoms with Gasteiger partial charge in [-0.25, -0.2) is 12.8 Å². The third-order valence-corrected chi connectivity index (χ3v) is 6.28. The molecule has 128 valence electrons. The van der Waals surface area contributed by atoms with Gasteiger partial charge in [0.25, 0.3) is 0 Å². The number of halogens is 1. The van der Waals surface area contributed by atoms with Crippen LogP contribution in [0.15, 0.2) is 47.4 Å². The number of rotatable bonds is 5. The molecule has 0 aliphatic carbocycles. The molecule has 1 saturated heterocycles. The van der Waals surface area contributed by atoms with Gasteiger partial charge in [-0.05, 0) is 29.8 Å². The molecule has 1 N–H and O–H groups in total. The van der Waals surface area contributed by atoms with Crippen LogP contribution in [0, 0.1) is 5.82 Å². The highest BCUT2D eigenvalue weighted by atomic mass is 32.2. The van der Waals surface area contributed by atoms with E-state index in [1.165, 1.54) is 25.3 Å². The van der Waals surface area contributed by atoms with E-state index in [0.717, 1.165) is 11.6 Å². The second-order valence-corrected chi connectivity index (χ2v) is 7.99. The van der Waals surface area contributed by atoms with Crippen LogP contribution in [-0.2, 0) is 16.4 Å². The van der Waals surface area contributed by atoms with Gasteiger partial charge in [0.15, 0.2) is 21.3 Å². The SMILES string of the molecule is COc1ccc(CN2CC(S(=O)(=O)c3ccccc3F)C2)cc1O. The molecule has 3 rings (SSSR count). The Morgan fingerprint density at radius 1 is 1.25 bits per heavy atom. The van der Waals surface area contributed by atoms with Gasteiger partial charge in [0.2, 0.25) is 0 Å². The summed E-state index contributed by atoms with van der Waals surface area (Å²) in [5, 5.41) is 9.16. The van der Waals surface area contributed by atoms with E-state index >= 15 is 0 Å². The lowest BCUT2D eigenvalue weighted by molar-refractivity contribution is 0.175. The fourth-order valence-electron chi connectivity index (χ4n) is 2.79. The Morgan fingerprint density at radius 3 is 2.58 bits per heavy atom. The Bertz CT molecular complexity index is 847. The predicted molar refractivity (Wildman–Crippen MR) is 87.3 cm³/mol. The van der Waals surface area contributed by atoms with Crippen molar-refractivity contribution in [1.82, 2.24) is 4.90 Å². The van der Waals surface area contributed by atoms with Gasteiger partial charge in [0, 0.05) is 19.6 Å². The van der Waals surface area contributed by atoms with Crippen LogP contribution in [0.25, 0.3) is 0 Å². The molecule has 0 radical (unpaired) electrons. The van der Waals surface area contributed by atoms with Gasteiger partial charge in [-0.3, -0.25) is 4.90 Å². The second-order valence-electron chi connectivity index (χ2n) is 5.80. The van der Waals surface area contributed by atoms with E-state index in [4.69, 9.17) is 4.74 Å². The number of hydrogen-bond acceptors (Lipinski definition) is 5. The topological polar surface area (TPSA) is 66.8 Å². The molecule has 0 atom stereocenters. The molecule has 5 nitrogen and oxygen atoms in total. The van der Waals surface area contributed by atoms with Crippen molar-refractivity contribution >= 4 is 9.84 Å². The number of likely N-dealkylation sites (tertiary alicyclic amines) is 1. The molecule has 1 heterocycles. The molecule has 0 bridgehead atoms. The number of aromatic hydroxyl groups is 1. The third kappa shape index (κ3) is 3.09. The lowest BCUT2D eigenvalue weighted by Gasteiger charge is -2.38. The maximum atomic E-state index is 13.7. The van der Waals surface area contributed by atoms with E-state index < -0.39 is 20.9 Å². The van der Waals surface area contributed by atoms with Crippen LogP contribution in [0.5, 0.6) is 11.5 Å². The minimum absolute atomic E-state index is 0.0473. The van der Waals surface area contributed by atoms with E-state index in [-0.39, 0.29) is 10.6 Å². The van der Waals surface area contributed by atoms with Crippen LogP contribution >= 0.6 is 0 Å². The number of hydrogen-bond donors (Lipinski definition) is 1. The molecule has 2 aromatic carbocycles. The van der Waals surface area contributed by atoms with Crippen molar-refractivity contribution in [3.8, 4) is 11.5 Å². The highest BCUT2D eigenvalue weighted by Crippen LogP contribution is 2.29. The zero-order chi connectivity index (χ0) is 17.3. The molecular formula is C17H18FNO4S. The van der Waals surface area contributed by atoms with Crippen molar-refractivity contribution in [3.05, 3.63) is 53.8 Å². The van der Waals surface area contributed by atoms with Crippen molar-refractivity contribution in [1.29, 1.82) is 0 Å². The summed E-state index contributed by atoms with van der Waals surface area (Å²) in [5.74, 6) is -0.274. The Balaban J connectivity index is 1.65. The molecule has 0 aromatic heterocycles. The molecule has 7 heteroatoms. The molecular weight excluding hydrogens is 333 g/mol. The molecule has 24 heavy (non-hydrogen) atoms. The second kappa shape index (κ2) is 6.41. The average Bonchev–Trinajstić information content (AvgIpc) is 2.50. The minimum atomic E-state index is -3.66. The number of methoxy groups -OCH3 is 1. The summed E-state index contributed by atoms with van der Waals surface area (Å²) in [6.45, 7) is 1.19. The van der Waals surface area contributed by atoms with Crippen LogP contribution in [0.4, 0.5) is 4.39 Å². The number of phenols is 1. The van der Waals surface area contributed by atoms with Crippen LogP contribution < -0.4 is 4.74 Å². The fraction of sp³-hybridized carbons (Fsp3) is 0.294. The van der Waals surface area contributed by atoms with Gasteiger partial charge in [-0.2, -0.15) is 0 Å². The Labute approximate surface area is 140 Å². The number of ether oxygens (including phenoxy) is 1. The fourth-order valence-corrected chi connectivity index (χ4v) is 4.58. The first-order chi connectivity index (χ1) is 11.4. The first kappa shape index (κ1) is 16.7. The zero-order valence-corrected chi connectivity index (χ0v) is 14.0. The predicted octanol–water partition coefficient (Wildman–Crippen LogP) is 2.20. The monoisotopic (exact) mass is 351 g/mol. The number of sulfone groups is 1. The van der Waals surface area contributed by atoms with Crippen LogP contribution in [0.3, 0.4) is 0 Å². The Morgan fingerprint density at radius 2 is 1.96 bits per heavy atom. The summed E-state index contributed by atoms with van der Waals surface area (Å²) in [5.41, 5.74) is 0.857. The van der Waals surface area contributed by atoms with E-state index in [0.29, 0.717) is 25.4 Å². The van der Waals surface area contributed by atoms with Gasteiger partial charge >= 0.3 is 0 Å². The summed E-state index contributed by atoms with van der Waals surface area (Å²) in [7, 11) is -2.19. The summed E-state index contributed by atoms with van der Waals surface area (Å²) in [6, 6.07) is 10.5. The van der Waals surface area contributed by atoms with Gasteiger partial charge in [-0.15, -0.1) is 0 Å². The highest BCUT2D eigenvalue weighted by Gasteiger charge is 2.39. The summed E-state index contributed by atoms with van der Waals surface area (Å²) in [6.07, 6.45) is 0. The lowest BCUT2D eigenvalue weighted by atomic mass is 10.1. The molecule has 0 spiro atoms. The highest BCUT2D eigenvalue weighted by molar-refractivity contribution is 7.92. The molecule has 1 aliphatic heterocycles. The average molecular weight is 351 g/mol. The summed E-state index contributed by atoms with van der Waals surface area (Å²) in [4.78, 5) is 1.70. The van der Waals surface area contributed by atoms with Gasteiger partial charge in [-0.1, -0.05) is 18.2 Å². The number of phenolic OH excluding ortho intramolecular Hbond substituents is 1. The smallest absolute Gasteiger partial charge is 0.186 e. The zero-order valence-electron chi connectivity index (χ0n) is 13.1. The maximum Gasteiger partial charge on any atom is 0.186 e. The van der Waals surface area contributed by atoms with Gasteiger partial charge in [0.1, 0.15) is 10.7 Å². The van der Waals surface area contributed by atoms with Gasteiger partial charge in [0.05, 0.1) is 12.4 Å². The quantitative estimate of drug-likeness (QED) is 0.895. The van der Waals surface area contributed by atoms with Crippen LogP contribution in [0.1, 0.15) is 5.56 Å². The number of benzene rings is 2. The maximum absolute atomic E-state index is 13.7. The largest absolute Gasteiger partial charge is 0.504 e. The van der Waals surface area contributed by atoms with Crippen molar-refractivity contribution in [3.63, 3.8) is 0 Å². The van der Waals surface area contributed by atoms with Crippen molar-refractivity contribution in [2.24, 2.45) is 0 Å². The molecule has 1 fully saturated rings. The summed E-state index contributed by atoms with van der Waals surface area (Å²) < 4.78 is 43.6. The van der Waals surface area contributed by atoms with E-state index in [2.05, 4.69) is 0 Å². The minimum Gasteiger partial charge on any atom is -0.504 e. The lowest BCUT2D eigenvalue weighted by Crippen LogP contribution is -2.54. The van der Waals surface area contributed by atoms with Crippen LogP contribution in [-0.4, -0.2) is 43.9 Å². The molecule has 0 unspecified atom stereocenters. The summed E-state index contributed by atoms with van der Waals surface area (Å²) >= 11 is 0. The Kier molecular flexibility index (Phi) is 4.47. The molecule has 0 amide bonds. The van der Waals surface area contributed by atoms with Crippen LogP contribution in [0.2, 0.25) is 0 Å². The normalized spacial score (nSPS) is 15.9. The standard InChI is InChI=1S/C17H18FNO4S/c1-23-16-7-6-12(8-15(16)20)9-19-10-13(11-19)24(21,22)17-5-3-2-4-14(17)18/h2-8,13,20H,9-11H2,1H3. The number of nitrogens with zero attached hydrogens (tertiary/aromatic N) is 1. The molecule has 0 saturated carbocycles. The van der Waals surface area contributed by atoms with E-state index in [9.17, 15) is 17.9 Å².